The fourth-order valence-corrected chi connectivity index (χ4v) is 9.84. The third-order valence-electron chi connectivity index (χ3n) is 15.0. The van der Waals surface area contributed by atoms with E-state index in [0.29, 0.717) is 79.8 Å². The number of nitrogens with zero attached hydrogens (tertiary/aromatic N) is 6. The molecule has 2 bridgehead atoms. The van der Waals surface area contributed by atoms with Gasteiger partial charge >= 0.3 is 31.1 Å². The van der Waals surface area contributed by atoms with Gasteiger partial charge in [-0.05, 0) is 101 Å². The summed E-state index contributed by atoms with van der Waals surface area (Å²) in [5.74, 6) is 0.762. The molecule has 440 valence electrons. The number of benzene rings is 2. The van der Waals surface area contributed by atoms with Crippen LogP contribution in [0.4, 0.5) is 59.3 Å². The molecule has 3 aliphatic heterocycles. The molecule has 4 amide bonds. The number of carbonyl (C=O) groups is 4. The van der Waals surface area contributed by atoms with Gasteiger partial charge in [0.05, 0.1) is 61.2 Å². The number of hydrazine groups is 1. The van der Waals surface area contributed by atoms with Gasteiger partial charge in [0.1, 0.15) is 29.5 Å². The molecule has 81 heavy (non-hydrogen) atoms. The molecular weight excluding hydrogens is 1090 g/mol. The van der Waals surface area contributed by atoms with Gasteiger partial charge in [-0.25, -0.2) is 33.0 Å². The Kier molecular flexibility index (Phi) is 18.6. The summed E-state index contributed by atoms with van der Waals surface area (Å²) in [6.45, 7) is 1.63. The van der Waals surface area contributed by atoms with E-state index in [2.05, 4.69) is 36.8 Å². The molecule has 0 saturated carbocycles. The Bertz CT molecular complexity index is 2960. The number of alkyl halides is 8. The first-order valence-corrected chi connectivity index (χ1v) is 25.4. The van der Waals surface area contributed by atoms with E-state index in [1.54, 1.807) is 12.1 Å². The number of aliphatic hydroxyl groups is 1. The molecule has 3 aliphatic rings. The number of amides is 4. The van der Waals surface area contributed by atoms with E-state index >= 15 is 8.78 Å². The number of hydrogen-bond donors (Lipinski definition) is 6. The Morgan fingerprint density at radius 1 is 0.827 bits per heavy atom. The second-order valence-electron chi connectivity index (χ2n) is 21.2. The van der Waals surface area contributed by atoms with E-state index in [9.17, 15) is 64.5 Å². The monoisotopic (exact) mass is 1150 g/mol. The summed E-state index contributed by atoms with van der Waals surface area (Å²) in [4.78, 5) is 61.9. The number of nitrogens with one attached hydrogen (secondary N) is 4. The molecule has 6 N–H and O–H groups in total. The van der Waals surface area contributed by atoms with Crippen molar-refractivity contribution in [1.82, 2.24) is 46.0 Å². The molecule has 3 fully saturated rings. The molecule has 3 saturated heterocycles. The molecule has 5 heterocycles. The van der Waals surface area contributed by atoms with Crippen LogP contribution < -0.4 is 26.3 Å². The van der Waals surface area contributed by atoms with Crippen LogP contribution in [0.1, 0.15) is 75.0 Å². The van der Waals surface area contributed by atoms with Crippen molar-refractivity contribution in [2.45, 2.75) is 122 Å². The highest BCUT2D eigenvalue weighted by Gasteiger charge is 2.57. The zero-order valence-electron chi connectivity index (χ0n) is 44.6. The second-order valence-corrected chi connectivity index (χ2v) is 21.2. The van der Waals surface area contributed by atoms with Crippen LogP contribution in [-0.2, 0) is 32.0 Å². The standard InChI is InChI=1S/C53H60F10N10O8/c1-28-31(13-16-42(65-28)70-22-34-14-15-35(23-70)73(34)36-26-81-27-36)12-11-29-7-9-30(10-8-29)17-40(66-45(75)43(68-49(79)80-6)50(2,3)52(58,59)60)41(74)25-71(69-46(76)44(67-48(77)78)51(4,5)53(61,62)63)24-37-38(54)18-32(19-39(37)55)33-20-64-72(21-33)47(56)57/h7-10,13,16,18-21,34-36,40-41,43-44,47,67,74H,14-15,17,22-27H2,1-6H3,(H,66,75)(H,68,79)(H,69,76)(H,77,78)/t34?,35?,40-,41-,43+,44+/m0/s1. The lowest BCUT2D eigenvalue weighted by molar-refractivity contribution is -0.221. The first kappa shape index (κ1) is 61.4. The Balaban J connectivity index is 1.19. The molecule has 28 heteroatoms. The number of aliphatic hydroxyl groups excluding tert-OH is 1. The van der Waals surface area contributed by atoms with Gasteiger partial charge in [-0.15, -0.1) is 0 Å². The molecule has 2 unspecified atom stereocenters. The Morgan fingerprint density at radius 2 is 1.42 bits per heavy atom. The van der Waals surface area contributed by atoms with Gasteiger partial charge in [0.2, 0.25) is 5.91 Å². The number of pyridine rings is 1. The van der Waals surface area contributed by atoms with Crippen LogP contribution in [0, 0.1) is 41.2 Å². The van der Waals surface area contributed by atoms with Crippen LogP contribution in [0.5, 0.6) is 0 Å². The third-order valence-corrected chi connectivity index (χ3v) is 15.0. The zero-order valence-corrected chi connectivity index (χ0v) is 44.6. The molecule has 7 rings (SSSR count). The zero-order chi connectivity index (χ0) is 59.5. The fraction of sp³-hybridized carbons (Fsp3) is 0.509. The van der Waals surface area contributed by atoms with Crippen LogP contribution in [-0.4, -0.2) is 154 Å². The van der Waals surface area contributed by atoms with Crippen molar-refractivity contribution in [3.63, 3.8) is 0 Å². The number of aryl methyl sites for hydroxylation is 1. The predicted molar refractivity (Wildman–Crippen MR) is 270 cm³/mol. The van der Waals surface area contributed by atoms with Crippen LogP contribution in [0.25, 0.3) is 11.1 Å². The Morgan fingerprint density at radius 3 is 1.93 bits per heavy atom. The Hall–Kier alpha value is -7.22. The first-order valence-electron chi connectivity index (χ1n) is 25.4. The molecule has 0 spiro atoms. The van der Waals surface area contributed by atoms with Crippen LogP contribution in [0.2, 0.25) is 0 Å². The maximum absolute atomic E-state index is 16.0. The minimum atomic E-state index is -5.28. The van der Waals surface area contributed by atoms with Gasteiger partial charge < -0.3 is 40.5 Å². The van der Waals surface area contributed by atoms with E-state index in [1.807, 2.05) is 29.8 Å². The quantitative estimate of drug-likeness (QED) is 0.0323. The number of rotatable bonds is 19. The minimum Gasteiger partial charge on any atom is -0.465 e. The highest BCUT2D eigenvalue weighted by molar-refractivity contribution is 5.87. The van der Waals surface area contributed by atoms with E-state index in [4.69, 9.17) is 9.72 Å². The molecule has 0 radical (unpaired) electrons. The smallest absolute Gasteiger partial charge is 0.407 e. The summed E-state index contributed by atoms with van der Waals surface area (Å²) in [7, 11) is 0.813. The Labute approximate surface area is 458 Å². The van der Waals surface area contributed by atoms with Crippen LogP contribution in [0.15, 0.2) is 60.9 Å². The second kappa shape index (κ2) is 24.5. The molecule has 6 atom stereocenters. The van der Waals surface area contributed by atoms with Crippen molar-refractivity contribution in [2.75, 3.05) is 44.9 Å². The number of carboxylic acid groups (broad SMARTS) is 1. The largest absolute Gasteiger partial charge is 0.465 e. The molecule has 4 aromatic rings. The van der Waals surface area contributed by atoms with E-state index in [-0.39, 0.29) is 21.4 Å². The number of anilines is 1. The van der Waals surface area contributed by atoms with Crippen molar-refractivity contribution in [3.8, 4) is 23.0 Å². The van der Waals surface area contributed by atoms with E-state index in [1.165, 1.54) is 17.4 Å². The number of aromatic nitrogens is 3. The van der Waals surface area contributed by atoms with Crippen molar-refractivity contribution < 1.29 is 82.8 Å². The number of fused-ring (bicyclic) bond motifs is 2. The lowest BCUT2D eigenvalue weighted by Gasteiger charge is -2.48. The molecule has 2 aromatic carbocycles. The first-order chi connectivity index (χ1) is 37.9. The molecule has 2 aromatic heterocycles. The van der Waals surface area contributed by atoms with Gasteiger partial charge in [0.15, 0.2) is 0 Å². The summed E-state index contributed by atoms with van der Waals surface area (Å²) < 4.78 is 156. The number of carbonyl (C=O) groups excluding carboxylic acids is 3. The lowest BCUT2D eigenvalue weighted by Crippen LogP contribution is -2.63. The maximum atomic E-state index is 16.0. The number of alkyl carbamates (subject to hydrolysis) is 1. The average Bonchev–Trinajstić information content (AvgIpc) is 4.16. The minimum absolute atomic E-state index is 0.186. The summed E-state index contributed by atoms with van der Waals surface area (Å²) >= 11 is 0. The maximum Gasteiger partial charge on any atom is 0.407 e. The summed E-state index contributed by atoms with van der Waals surface area (Å²) in [5.41, 5.74) is -3.75. The van der Waals surface area contributed by atoms with Crippen LogP contribution in [0.3, 0.4) is 0 Å². The van der Waals surface area contributed by atoms with Crippen LogP contribution >= 0.6 is 0 Å². The number of piperazine rings is 1. The van der Waals surface area contributed by atoms with Crippen molar-refractivity contribution in [2.24, 2.45) is 10.8 Å². The highest BCUT2D eigenvalue weighted by atomic mass is 19.4. The highest BCUT2D eigenvalue weighted by Crippen LogP contribution is 2.42. The number of hydrogen-bond acceptors (Lipinski definition) is 12. The predicted octanol–water partition coefficient (Wildman–Crippen LogP) is 6.84. The van der Waals surface area contributed by atoms with Crippen molar-refractivity contribution >= 4 is 29.8 Å². The molecular formula is C53H60F10N10O8. The summed E-state index contributed by atoms with van der Waals surface area (Å²) in [6, 6.07) is 5.45. The summed E-state index contributed by atoms with van der Waals surface area (Å²) in [6.07, 6.45) is -12.9. The van der Waals surface area contributed by atoms with Gasteiger partial charge in [-0.1, -0.05) is 24.0 Å². The fourth-order valence-electron chi connectivity index (χ4n) is 9.84. The van der Waals surface area contributed by atoms with E-state index in [0.717, 1.165) is 64.5 Å². The van der Waals surface area contributed by atoms with Gasteiger partial charge in [0.25, 0.3) is 5.91 Å². The normalized spacial score (nSPS) is 18.5. The van der Waals surface area contributed by atoms with Crippen molar-refractivity contribution in [1.29, 1.82) is 0 Å². The van der Waals surface area contributed by atoms with Gasteiger partial charge in [-0.3, -0.25) is 19.9 Å². The number of methoxy groups -OCH3 is 1. The van der Waals surface area contributed by atoms with E-state index < -0.39 is 115 Å². The molecule has 18 nitrogen and oxygen atoms in total. The number of halogens is 10. The number of ether oxygens (including phenoxy) is 2. The van der Waals surface area contributed by atoms with Gasteiger partial charge in [0, 0.05) is 66.7 Å². The van der Waals surface area contributed by atoms with Gasteiger partial charge in [-0.2, -0.15) is 40.2 Å². The van der Waals surface area contributed by atoms with Crippen molar-refractivity contribution in [3.05, 3.63) is 101 Å². The lowest BCUT2D eigenvalue weighted by atomic mass is 9.82. The topological polar surface area (TPSA) is 216 Å². The third kappa shape index (κ3) is 14.1. The summed E-state index contributed by atoms with van der Waals surface area (Å²) in [5, 5.41) is 31.0. The molecule has 0 aliphatic carbocycles. The average molecular weight is 1160 g/mol. The SMILES string of the molecule is COC(=O)N[C@H](C(=O)N[C@@H](Cc1ccc(C#Cc2ccc(N3CC4CCC(C3)N4C3COC3)nc2C)cc1)[C@@H](O)CN(Cc1c(F)cc(-c2cnn(C(F)F)c2)cc1F)NC(=O)[C@@H](NC(=O)O)C(C)(C)C(F)(F)F)C(C)(C)C(F)(F)F.